The summed E-state index contributed by atoms with van der Waals surface area (Å²) in [6, 6.07) is 7.54. The van der Waals surface area contributed by atoms with Gasteiger partial charge in [0.25, 0.3) is 11.7 Å². The Balaban J connectivity index is 1.73. The van der Waals surface area contributed by atoms with Crippen molar-refractivity contribution < 1.29 is 29.0 Å². The number of hydrogen-bond acceptors (Lipinski definition) is 7. The van der Waals surface area contributed by atoms with E-state index >= 15 is 0 Å². The van der Waals surface area contributed by atoms with E-state index in [2.05, 4.69) is 4.98 Å². The van der Waals surface area contributed by atoms with Crippen molar-refractivity contribution in [3.05, 3.63) is 65.0 Å². The number of aryl methyl sites for hydroxylation is 1. The molecule has 1 aromatic heterocycles. The minimum absolute atomic E-state index is 0.0404. The van der Waals surface area contributed by atoms with E-state index in [-0.39, 0.29) is 23.5 Å². The first kappa shape index (κ1) is 24.3. The monoisotopic (exact) mass is 479 g/mol. The van der Waals surface area contributed by atoms with E-state index in [1.54, 1.807) is 66.6 Å². The zero-order chi connectivity index (χ0) is 25.1. The largest absolute Gasteiger partial charge is 0.507 e. The average Bonchev–Trinajstić information content (AvgIpc) is 3.14. The Labute approximate surface area is 204 Å². The standard InChI is InChI=1S/C26H29N3O6/c1-4-35-26(33)28-13-9-19(10-14-28)29-22(17-7-11-27-12-8-17)21(24(31)25(29)32)23(30)18-5-6-20(34-3)16(2)15-18/h5-8,11-12,15,19,22,30H,4,9-10,13-14H2,1-3H3/b23-21+. The minimum Gasteiger partial charge on any atom is -0.507 e. The number of carbonyl (C=O) groups excluding carboxylic acids is 3. The molecule has 3 heterocycles. The highest BCUT2D eigenvalue weighted by Gasteiger charge is 2.49. The molecule has 2 amide bonds. The molecule has 2 fully saturated rings. The van der Waals surface area contributed by atoms with Crippen molar-refractivity contribution in [1.82, 2.24) is 14.8 Å². The van der Waals surface area contributed by atoms with Gasteiger partial charge < -0.3 is 24.4 Å². The van der Waals surface area contributed by atoms with E-state index in [0.717, 1.165) is 5.56 Å². The SMILES string of the molecule is CCOC(=O)N1CCC(N2C(=O)C(=O)/C(=C(/O)c3ccc(OC)c(C)c3)C2c2ccncc2)CC1. The van der Waals surface area contributed by atoms with Gasteiger partial charge in [0.15, 0.2) is 0 Å². The van der Waals surface area contributed by atoms with Crippen molar-refractivity contribution in [1.29, 1.82) is 0 Å². The van der Waals surface area contributed by atoms with Gasteiger partial charge in [-0.05, 0) is 68.1 Å². The molecule has 1 unspecified atom stereocenters. The Bertz CT molecular complexity index is 1150. The van der Waals surface area contributed by atoms with Gasteiger partial charge in [0.1, 0.15) is 11.5 Å². The minimum atomic E-state index is -0.764. The van der Waals surface area contributed by atoms with Crippen molar-refractivity contribution in [3.8, 4) is 5.75 Å². The van der Waals surface area contributed by atoms with Crippen molar-refractivity contribution in [3.63, 3.8) is 0 Å². The van der Waals surface area contributed by atoms with Crippen molar-refractivity contribution in [2.75, 3.05) is 26.8 Å². The number of pyridine rings is 1. The summed E-state index contributed by atoms with van der Waals surface area (Å²) < 4.78 is 10.4. The molecule has 184 valence electrons. The maximum Gasteiger partial charge on any atom is 0.409 e. The van der Waals surface area contributed by atoms with E-state index in [0.29, 0.717) is 49.4 Å². The maximum absolute atomic E-state index is 13.3. The molecule has 0 spiro atoms. The quantitative estimate of drug-likeness (QED) is 0.397. The number of amides is 2. The van der Waals surface area contributed by atoms with Crippen LogP contribution in [-0.4, -0.2) is 70.5 Å². The molecule has 0 bridgehead atoms. The highest BCUT2D eigenvalue weighted by atomic mass is 16.6. The van der Waals surface area contributed by atoms with Gasteiger partial charge in [-0.25, -0.2) is 4.79 Å². The number of ether oxygens (including phenoxy) is 2. The number of methoxy groups -OCH3 is 1. The summed E-state index contributed by atoms with van der Waals surface area (Å²) in [7, 11) is 1.56. The van der Waals surface area contributed by atoms with Crippen LogP contribution in [0.2, 0.25) is 0 Å². The highest BCUT2D eigenvalue weighted by molar-refractivity contribution is 6.46. The molecular formula is C26H29N3O6. The summed E-state index contributed by atoms with van der Waals surface area (Å²) in [6.07, 6.45) is 3.80. The Morgan fingerprint density at radius 1 is 1.14 bits per heavy atom. The predicted octanol–water partition coefficient (Wildman–Crippen LogP) is 3.44. The molecule has 0 saturated carbocycles. The van der Waals surface area contributed by atoms with Gasteiger partial charge in [0.2, 0.25) is 0 Å². The lowest BCUT2D eigenvalue weighted by molar-refractivity contribution is -0.142. The Morgan fingerprint density at radius 3 is 2.43 bits per heavy atom. The topological polar surface area (TPSA) is 109 Å². The number of aliphatic hydroxyl groups is 1. The lowest BCUT2D eigenvalue weighted by atomic mass is 9.94. The third-order valence-electron chi connectivity index (χ3n) is 6.55. The van der Waals surface area contributed by atoms with Gasteiger partial charge in [-0.15, -0.1) is 0 Å². The molecule has 9 heteroatoms. The summed E-state index contributed by atoms with van der Waals surface area (Å²) in [4.78, 5) is 45.9. The van der Waals surface area contributed by atoms with E-state index in [9.17, 15) is 19.5 Å². The van der Waals surface area contributed by atoms with Gasteiger partial charge in [-0.2, -0.15) is 0 Å². The number of aliphatic hydroxyl groups excluding tert-OH is 1. The molecule has 0 radical (unpaired) electrons. The first-order chi connectivity index (χ1) is 16.9. The number of carbonyl (C=O) groups is 3. The molecule has 1 atom stereocenters. The molecule has 2 aliphatic heterocycles. The first-order valence-corrected chi connectivity index (χ1v) is 11.6. The van der Waals surface area contributed by atoms with E-state index in [1.807, 2.05) is 6.92 Å². The van der Waals surface area contributed by atoms with Crippen LogP contribution in [0.4, 0.5) is 4.79 Å². The summed E-state index contributed by atoms with van der Waals surface area (Å²) in [5, 5.41) is 11.3. The van der Waals surface area contributed by atoms with E-state index in [4.69, 9.17) is 9.47 Å². The maximum atomic E-state index is 13.3. The normalized spacial score (nSPS) is 20.3. The van der Waals surface area contributed by atoms with E-state index < -0.39 is 17.7 Å². The molecule has 2 saturated heterocycles. The van der Waals surface area contributed by atoms with Gasteiger partial charge in [-0.1, -0.05) is 0 Å². The third-order valence-corrected chi connectivity index (χ3v) is 6.55. The van der Waals surface area contributed by atoms with Crippen LogP contribution in [0.5, 0.6) is 5.75 Å². The smallest absolute Gasteiger partial charge is 0.409 e. The molecule has 4 rings (SSSR count). The van der Waals surface area contributed by atoms with Crippen LogP contribution < -0.4 is 4.74 Å². The number of piperidine rings is 1. The van der Waals surface area contributed by atoms with Crippen LogP contribution in [0.15, 0.2) is 48.3 Å². The van der Waals surface area contributed by atoms with Crippen molar-refractivity contribution >= 4 is 23.5 Å². The molecule has 35 heavy (non-hydrogen) atoms. The van der Waals surface area contributed by atoms with Crippen molar-refractivity contribution in [2.45, 2.75) is 38.8 Å². The second-order valence-corrected chi connectivity index (χ2v) is 8.59. The molecular weight excluding hydrogens is 450 g/mol. The fraction of sp³-hybridized carbons (Fsp3) is 0.385. The fourth-order valence-corrected chi connectivity index (χ4v) is 4.82. The number of nitrogens with zero attached hydrogens (tertiary/aromatic N) is 3. The Hall–Kier alpha value is -3.88. The highest BCUT2D eigenvalue weighted by Crippen LogP contribution is 2.42. The zero-order valence-electron chi connectivity index (χ0n) is 20.1. The Kier molecular flexibility index (Phi) is 7.04. The summed E-state index contributed by atoms with van der Waals surface area (Å²) in [5.74, 6) is -0.970. The molecule has 1 aromatic carbocycles. The zero-order valence-corrected chi connectivity index (χ0v) is 20.1. The number of Topliss-reactive ketones (excluding diaryl/α,β-unsaturated/α-hetero) is 1. The second kappa shape index (κ2) is 10.2. The molecule has 1 N–H and O–H groups in total. The lowest BCUT2D eigenvalue weighted by Crippen LogP contribution is -2.48. The molecule has 9 nitrogen and oxygen atoms in total. The van der Waals surface area contributed by atoms with Gasteiger partial charge in [0, 0.05) is 37.1 Å². The van der Waals surface area contributed by atoms with Gasteiger partial charge >= 0.3 is 6.09 Å². The predicted molar refractivity (Wildman–Crippen MR) is 128 cm³/mol. The number of hydrogen-bond donors (Lipinski definition) is 1. The Morgan fingerprint density at radius 2 is 1.83 bits per heavy atom. The number of benzene rings is 1. The summed E-state index contributed by atoms with van der Waals surface area (Å²) >= 11 is 0. The molecule has 0 aliphatic carbocycles. The van der Waals surface area contributed by atoms with Crippen LogP contribution in [0.1, 0.15) is 42.5 Å². The number of aromatic nitrogens is 1. The average molecular weight is 480 g/mol. The fourth-order valence-electron chi connectivity index (χ4n) is 4.82. The van der Waals surface area contributed by atoms with Crippen molar-refractivity contribution in [2.24, 2.45) is 0 Å². The molecule has 2 aromatic rings. The number of rotatable bonds is 5. The summed E-state index contributed by atoms with van der Waals surface area (Å²) in [6.45, 7) is 4.70. The number of ketones is 1. The van der Waals surface area contributed by atoms with Gasteiger partial charge in [0.05, 0.1) is 25.3 Å². The van der Waals surface area contributed by atoms with E-state index in [1.165, 1.54) is 0 Å². The lowest BCUT2D eigenvalue weighted by Gasteiger charge is -2.38. The molecule has 2 aliphatic rings. The first-order valence-electron chi connectivity index (χ1n) is 11.6. The third kappa shape index (κ3) is 4.58. The van der Waals surface area contributed by atoms with Crippen LogP contribution in [0.3, 0.4) is 0 Å². The van der Waals surface area contributed by atoms with Crippen LogP contribution >= 0.6 is 0 Å². The van der Waals surface area contributed by atoms with Crippen LogP contribution in [-0.2, 0) is 14.3 Å². The van der Waals surface area contributed by atoms with Gasteiger partial charge in [-0.3, -0.25) is 14.6 Å². The second-order valence-electron chi connectivity index (χ2n) is 8.59. The number of likely N-dealkylation sites (tertiary alicyclic amines) is 2. The van der Waals surface area contributed by atoms with Crippen LogP contribution in [0.25, 0.3) is 5.76 Å². The summed E-state index contributed by atoms with van der Waals surface area (Å²) in [5.41, 5.74) is 1.94. The van der Waals surface area contributed by atoms with Crippen LogP contribution in [0, 0.1) is 6.92 Å².